The summed E-state index contributed by atoms with van der Waals surface area (Å²) in [5.41, 5.74) is 2.50. The van der Waals surface area contributed by atoms with Gasteiger partial charge in [-0.3, -0.25) is 10.1 Å². The van der Waals surface area contributed by atoms with Gasteiger partial charge in [0.25, 0.3) is 15.5 Å². The number of nitro groups is 1. The van der Waals surface area contributed by atoms with Crippen LogP contribution in [0.4, 0.5) is 30.2 Å². The first-order valence-electron chi connectivity index (χ1n) is 4.13. The molecule has 0 bridgehead atoms. The van der Waals surface area contributed by atoms with Crippen LogP contribution in [0.1, 0.15) is 0 Å². The lowest BCUT2D eigenvalue weighted by molar-refractivity contribution is -0.384. The second kappa shape index (κ2) is 4.01. The van der Waals surface area contributed by atoms with E-state index in [2.05, 4.69) is 0 Å². The van der Waals surface area contributed by atoms with Crippen LogP contribution in [-0.4, -0.2) is 18.8 Å². The van der Waals surface area contributed by atoms with Crippen molar-refractivity contribution in [2.45, 2.75) is 10.4 Å². The van der Waals surface area contributed by atoms with Crippen LogP contribution in [0, 0.1) is 10.1 Å². The summed E-state index contributed by atoms with van der Waals surface area (Å²) in [4.78, 5) is 8.05. The predicted molar refractivity (Wildman–Crippen MR) is 55.2 cm³/mol. The van der Waals surface area contributed by atoms with Crippen molar-refractivity contribution in [2.75, 3.05) is 11.5 Å². The van der Waals surface area contributed by atoms with E-state index in [1.54, 1.807) is 0 Å². The quantitative estimate of drug-likeness (QED) is 0.474. The highest BCUT2D eigenvalue weighted by molar-refractivity contribution is 7.92. The van der Waals surface area contributed by atoms with E-state index in [9.17, 15) is 31.7 Å². The molecule has 1 rings (SSSR count). The number of nitro benzene ring substituents is 1. The lowest BCUT2D eigenvalue weighted by atomic mass is 10.2. The number of benzene rings is 1. The van der Waals surface area contributed by atoms with Gasteiger partial charge in [0.1, 0.15) is 5.69 Å². The summed E-state index contributed by atoms with van der Waals surface area (Å²) >= 11 is 0. The van der Waals surface area contributed by atoms with E-state index >= 15 is 0 Å². The van der Waals surface area contributed by atoms with Crippen molar-refractivity contribution >= 4 is 26.9 Å². The molecule has 1 aromatic rings. The Morgan fingerprint density at radius 2 is 1.72 bits per heavy atom. The molecule has 0 atom stereocenters. The van der Waals surface area contributed by atoms with E-state index in [1.165, 1.54) is 0 Å². The highest BCUT2D eigenvalue weighted by Gasteiger charge is 2.47. The highest BCUT2D eigenvalue weighted by atomic mass is 32.2. The summed E-state index contributed by atoms with van der Waals surface area (Å²) in [6.07, 6.45) is 0. The van der Waals surface area contributed by atoms with Crippen molar-refractivity contribution < 1.29 is 26.5 Å². The van der Waals surface area contributed by atoms with Gasteiger partial charge in [0.2, 0.25) is 0 Å². The van der Waals surface area contributed by atoms with Gasteiger partial charge in [-0.25, -0.2) is 8.42 Å². The number of anilines is 2. The molecule has 4 N–H and O–H groups in total. The van der Waals surface area contributed by atoms with Gasteiger partial charge in [-0.05, 0) is 6.07 Å². The molecule has 0 saturated heterocycles. The van der Waals surface area contributed by atoms with Gasteiger partial charge in [0.05, 0.1) is 15.5 Å². The molecule has 0 radical (unpaired) electrons. The average Bonchev–Trinajstić information content (AvgIpc) is 2.19. The predicted octanol–water partition coefficient (Wildman–Crippen LogP) is 1.05. The highest BCUT2D eigenvalue weighted by Crippen LogP contribution is 2.36. The van der Waals surface area contributed by atoms with Crippen LogP contribution in [0.25, 0.3) is 0 Å². The molecule has 100 valence electrons. The maximum atomic E-state index is 12.3. The molecule has 0 fully saturated rings. The summed E-state index contributed by atoms with van der Waals surface area (Å²) in [6.45, 7) is 0. The summed E-state index contributed by atoms with van der Waals surface area (Å²) < 4.78 is 58.9. The molecule has 7 nitrogen and oxygen atoms in total. The van der Waals surface area contributed by atoms with Crippen LogP contribution in [-0.2, 0) is 9.84 Å². The van der Waals surface area contributed by atoms with Crippen LogP contribution < -0.4 is 11.5 Å². The fraction of sp³-hybridized carbons (Fsp3) is 0.143. The number of nitrogen functional groups attached to an aromatic ring is 2. The summed E-state index contributed by atoms with van der Waals surface area (Å²) in [5.74, 6) is 0. The van der Waals surface area contributed by atoms with Gasteiger partial charge in [-0.1, -0.05) is 0 Å². The SMILES string of the molecule is Nc1cc(S(=O)(=O)C(F)(F)F)cc([N+](=O)[O-])c1N. The molecule has 0 unspecified atom stereocenters. The van der Waals surface area contributed by atoms with E-state index in [1.807, 2.05) is 0 Å². The lowest BCUT2D eigenvalue weighted by Gasteiger charge is -2.09. The van der Waals surface area contributed by atoms with Crippen LogP contribution in [0.5, 0.6) is 0 Å². The zero-order valence-corrected chi connectivity index (χ0v) is 9.25. The van der Waals surface area contributed by atoms with Crippen molar-refractivity contribution in [2.24, 2.45) is 0 Å². The van der Waals surface area contributed by atoms with E-state index in [0.717, 1.165) is 0 Å². The van der Waals surface area contributed by atoms with Crippen molar-refractivity contribution in [3.05, 3.63) is 22.2 Å². The third-order valence-corrected chi connectivity index (χ3v) is 3.44. The number of nitrogens with two attached hydrogens (primary N) is 2. The van der Waals surface area contributed by atoms with Crippen LogP contribution in [0.3, 0.4) is 0 Å². The van der Waals surface area contributed by atoms with Crippen molar-refractivity contribution in [3.63, 3.8) is 0 Å². The fourth-order valence-electron chi connectivity index (χ4n) is 1.07. The van der Waals surface area contributed by atoms with Gasteiger partial charge in [-0.15, -0.1) is 0 Å². The number of hydrogen-bond acceptors (Lipinski definition) is 6. The summed E-state index contributed by atoms with van der Waals surface area (Å²) in [6, 6.07) is 0.639. The van der Waals surface area contributed by atoms with Gasteiger partial charge in [0, 0.05) is 6.07 Å². The Balaban J connectivity index is 3.61. The second-order valence-electron chi connectivity index (χ2n) is 3.15. The molecule has 0 amide bonds. The third kappa shape index (κ3) is 2.16. The molecule has 1 aromatic carbocycles. The molecule has 0 saturated carbocycles. The molecule has 0 aliphatic heterocycles. The number of rotatable bonds is 2. The van der Waals surface area contributed by atoms with Crippen molar-refractivity contribution in [1.29, 1.82) is 0 Å². The molecule has 0 aromatic heterocycles. The minimum absolute atomic E-state index is 0.217. The van der Waals surface area contributed by atoms with E-state index in [0.29, 0.717) is 6.07 Å². The Morgan fingerprint density at radius 1 is 1.22 bits per heavy atom. The molecular weight excluding hydrogens is 279 g/mol. The first-order valence-corrected chi connectivity index (χ1v) is 5.61. The number of nitrogens with zero attached hydrogens (tertiary/aromatic N) is 1. The molecular formula is C7H6F3N3O4S. The van der Waals surface area contributed by atoms with Crippen LogP contribution in [0.2, 0.25) is 0 Å². The number of halogens is 3. The monoisotopic (exact) mass is 285 g/mol. The smallest absolute Gasteiger partial charge is 0.397 e. The van der Waals surface area contributed by atoms with E-state index in [-0.39, 0.29) is 6.07 Å². The second-order valence-corrected chi connectivity index (χ2v) is 5.09. The van der Waals surface area contributed by atoms with Gasteiger partial charge < -0.3 is 11.5 Å². The summed E-state index contributed by atoms with van der Waals surface area (Å²) in [7, 11) is -5.71. The zero-order chi connectivity index (χ0) is 14.3. The molecule has 0 aliphatic carbocycles. The maximum Gasteiger partial charge on any atom is 0.501 e. The largest absolute Gasteiger partial charge is 0.501 e. The van der Waals surface area contributed by atoms with Crippen molar-refractivity contribution in [3.8, 4) is 0 Å². The Bertz CT molecular complexity index is 611. The normalized spacial score (nSPS) is 12.4. The Hall–Kier alpha value is -2.04. The minimum atomic E-state index is -5.71. The Kier molecular flexibility index (Phi) is 3.12. The Morgan fingerprint density at radius 3 is 2.11 bits per heavy atom. The third-order valence-electron chi connectivity index (χ3n) is 1.98. The first kappa shape index (κ1) is 14.0. The average molecular weight is 285 g/mol. The lowest BCUT2D eigenvalue weighted by Crippen LogP contribution is -2.23. The topological polar surface area (TPSA) is 129 Å². The van der Waals surface area contributed by atoms with Crippen LogP contribution in [0.15, 0.2) is 17.0 Å². The minimum Gasteiger partial charge on any atom is -0.397 e. The zero-order valence-electron chi connectivity index (χ0n) is 8.43. The van der Waals surface area contributed by atoms with E-state index in [4.69, 9.17) is 11.5 Å². The first-order chi connectivity index (χ1) is 7.98. The van der Waals surface area contributed by atoms with Gasteiger partial charge in [-0.2, -0.15) is 13.2 Å². The molecule has 11 heteroatoms. The molecule has 18 heavy (non-hydrogen) atoms. The number of hydrogen-bond donors (Lipinski definition) is 2. The molecule has 0 heterocycles. The standard InChI is InChI=1S/C7H6F3N3O4S/c8-7(9,10)18(16,17)3-1-4(11)6(12)5(2-3)13(14)15/h1-2H,11-12H2. The van der Waals surface area contributed by atoms with E-state index < -0.39 is 42.2 Å². The Labute approximate surface area is 98.3 Å². The summed E-state index contributed by atoms with van der Waals surface area (Å²) in [5, 5.41) is 10.5. The van der Waals surface area contributed by atoms with Gasteiger partial charge in [0.15, 0.2) is 0 Å². The number of sulfone groups is 1. The van der Waals surface area contributed by atoms with Crippen molar-refractivity contribution in [1.82, 2.24) is 0 Å². The number of alkyl halides is 3. The maximum absolute atomic E-state index is 12.3. The van der Waals surface area contributed by atoms with Gasteiger partial charge >= 0.3 is 5.51 Å². The van der Waals surface area contributed by atoms with Crippen LogP contribution >= 0.6 is 0 Å². The molecule has 0 aliphatic rings. The molecule has 0 spiro atoms. The fourth-order valence-corrected chi connectivity index (χ4v) is 1.89.